The Morgan fingerprint density at radius 2 is 1.88 bits per heavy atom. The molecule has 1 amide bonds. The van der Waals surface area contributed by atoms with E-state index in [1.165, 1.54) is 4.90 Å². The zero-order chi connectivity index (χ0) is 23.8. The van der Waals surface area contributed by atoms with Crippen molar-refractivity contribution in [2.45, 2.75) is 26.8 Å². The molecule has 3 rings (SSSR count). The number of carbonyl (C=O) groups excluding carboxylic acids is 1. The number of aromatic nitrogens is 2. The number of aliphatic hydroxyl groups is 2. The molecular weight excluding hydrogens is 436 g/mol. The van der Waals surface area contributed by atoms with Gasteiger partial charge in [0.2, 0.25) is 6.41 Å². The lowest BCUT2D eigenvalue weighted by atomic mass is 10.0. The smallest absolute Gasteiger partial charge is 0.214 e. The Kier molecular flexibility index (Phi) is 8.48. The maximum atomic E-state index is 11.9. The summed E-state index contributed by atoms with van der Waals surface area (Å²) in [5.74, 6) is 0.869. The summed E-state index contributed by atoms with van der Waals surface area (Å²) in [4.78, 5) is 22.4. The van der Waals surface area contributed by atoms with Crippen LogP contribution in [0.25, 0.3) is 11.1 Å². The van der Waals surface area contributed by atoms with E-state index in [1.54, 1.807) is 20.0 Å². The molecular formula is C25H28N4O3S. The Hall–Kier alpha value is -3.33. The molecule has 0 fully saturated rings. The van der Waals surface area contributed by atoms with Crippen molar-refractivity contribution in [2.24, 2.45) is 0 Å². The van der Waals surface area contributed by atoms with Crippen LogP contribution in [0.3, 0.4) is 0 Å². The monoisotopic (exact) mass is 464 g/mol. The van der Waals surface area contributed by atoms with Crippen molar-refractivity contribution in [1.82, 2.24) is 14.9 Å². The number of nitrogens with two attached hydrogens (primary N) is 1. The van der Waals surface area contributed by atoms with Gasteiger partial charge in [0.15, 0.2) is 0 Å². The Bertz CT molecular complexity index is 1180. The Morgan fingerprint density at radius 1 is 1.15 bits per heavy atom. The highest BCUT2D eigenvalue weighted by Crippen LogP contribution is 2.25. The van der Waals surface area contributed by atoms with Gasteiger partial charge in [-0.3, -0.25) is 4.79 Å². The number of amides is 1. The van der Waals surface area contributed by atoms with Gasteiger partial charge in [0.05, 0.1) is 6.54 Å². The number of nitrogens with zero attached hydrogens (tertiary/aromatic N) is 3. The zero-order valence-electron chi connectivity index (χ0n) is 18.6. The number of aryl methyl sites for hydroxylation is 1. The predicted octanol–water partition coefficient (Wildman–Crippen LogP) is 3.81. The van der Waals surface area contributed by atoms with Crippen molar-refractivity contribution in [3.8, 4) is 11.1 Å². The second-order valence-corrected chi connectivity index (χ2v) is 8.64. The molecule has 172 valence electrons. The molecule has 0 aliphatic carbocycles. The standard InChI is InChI=1S/C25H28N4O3S/c1-17(29(16-31)15-22-14-27-18(2)28-24(22)26)23(11-12-30)33-25(32)21-10-6-9-20(13-21)19-7-4-3-5-8-19/h3-10,13-14,16,30,32-33H,11-12,15H2,1-2H3,(H2,26,27,28)/b23-17-. The number of anilines is 1. The number of hydrogen-bond acceptors (Lipinski definition) is 5. The summed E-state index contributed by atoms with van der Waals surface area (Å²) >= 11 is 0.510. The second kappa shape index (κ2) is 11.5. The van der Waals surface area contributed by atoms with Crippen LogP contribution in [0.1, 0.15) is 30.3 Å². The van der Waals surface area contributed by atoms with Gasteiger partial charge in [-0.2, -0.15) is 0 Å². The molecule has 0 unspecified atom stereocenters. The molecule has 1 heterocycles. The normalized spacial score (nSPS) is 12.5. The molecule has 1 aromatic heterocycles. The molecule has 8 heteroatoms. The highest BCUT2D eigenvalue weighted by molar-refractivity contribution is 8.02. The zero-order valence-corrected chi connectivity index (χ0v) is 19.5. The third kappa shape index (κ3) is 6.35. The molecule has 0 aliphatic rings. The summed E-state index contributed by atoms with van der Waals surface area (Å²) in [6, 6.07) is 17.6. The van der Waals surface area contributed by atoms with Crippen molar-refractivity contribution in [3.63, 3.8) is 0 Å². The van der Waals surface area contributed by atoms with Crippen molar-refractivity contribution in [1.29, 1.82) is 0 Å². The minimum Gasteiger partial charge on any atom is -0.396 e. The van der Waals surface area contributed by atoms with E-state index in [0.717, 1.165) is 16.0 Å². The van der Waals surface area contributed by atoms with E-state index in [0.29, 0.717) is 52.6 Å². The van der Waals surface area contributed by atoms with Gasteiger partial charge in [0, 0.05) is 41.0 Å². The van der Waals surface area contributed by atoms with E-state index >= 15 is 0 Å². The predicted molar refractivity (Wildman–Crippen MR) is 135 cm³/mol. The number of carbonyl (C=O) groups is 1. The molecule has 0 aliphatic heterocycles. The first kappa shape index (κ1) is 24.3. The molecule has 0 saturated carbocycles. The molecule has 2 aromatic carbocycles. The highest BCUT2D eigenvalue weighted by atomic mass is 32.1. The van der Waals surface area contributed by atoms with Gasteiger partial charge in [-0.05, 0) is 31.0 Å². The fourth-order valence-electron chi connectivity index (χ4n) is 3.30. The number of nitrogen functional groups attached to an aromatic ring is 1. The van der Waals surface area contributed by atoms with Crippen LogP contribution in [0.4, 0.5) is 5.82 Å². The number of benzene rings is 2. The third-order valence-corrected chi connectivity index (χ3v) is 6.44. The van der Waals surface area contributed by atoms with E-state index in [-0.39, 0.29) is 18.2 Å². The summed E-state index contributed by atoms with van der Waals surface area (Å²) in [5, 5.41) is 20.6. The topological polar surface area (TPSA) is 113 Å². The first-order chi connectivity index (χ1) is 15.9. The van der Waals surface area contributed by atoms with Crippen LogP contribution in [0.15, 0.2) is 71.4 Å². The van der Waals surface area contributed by atoms with E-state index < -0.39 is 0 Å². The molecule has 0 atom stereocenters. The molecule has 7 nitrogen and oxygen atoms in total. The fraction of sp³-hybridized carbons (Fsp3) is 0.200. The molecule has 4 N–H and O–H groups in total. The van der Waals surface area contributed by atoms with Crippen molar-refractivity contribution in [3.05, 3.63) is 88.3 Å². The van der Waals surface area contributed by atoms with Crippen LogP contribution in [0, 0.1) is 6.92 Å². The number of hydrogen-bond donors (Lipinski definition) is 4. The lowest BCUT2D eigenvalue weighted by molar-refractivity contribution is -0.116. The molecule has 33 heavy (non-hydrogen) atoms. The van der Waals surface area contributed by atoms with Crippen molar-refractivity contribution < 1.29 is 15.0 Å². The molecule has 0 radical (unpaired) electrons. The second-order valence-electron chi connectivity index (χ2n) is 7.45. The fourth-order valence-corrected chi connectivity index (χ4v) is 4.33. The van der Waals surface area contributed by atoms with Gasteiger partial charge in [-0.25, -0.2) is 9.97 Å². The van der Waals surface area contributed by atoms with Crippen LogP contribution < -0.4 is 5.73 Å². The minimum atomic E-state index is -0.112. The van der Waals surface area contributed by atoms with E-state index in [9.17, 15) is 15.0 Å². The molecule has 0 spiro atoms. The number of rotatable bonds is 9. The summed E-state index contributed by atoms with van der Waals surface area (Å²) < 4.78 is 0. The summed E-state index contributed by atoms with van der Waals surface area (Å²) in [5.41, 5.74) is 9.95. The molecule has 0 saturated heterocycles. The average Bonchev–Trinajstić information content (AvgIpc) is 2.83. The minimum absolute atomic E-state index is 0.112. The van der Waals surface area contributed by atoms with Gasteiger partial charge in [0.1, 0.15) is 16.7 Å². The van der Waals surface area contributed by atoms with Crippen molar-refractivity contribution >= 4 is 28.6 Å². The Balaban J connectivity index is 1.93. The van der Waals surface area contributed by atoms with Crippen LogP contribution in [0.2, 0.25) is 0 Å². The summed E-state index contributed by atoms with van der Waals surface area (Å²) in [6.07, 6.45) is 2.61. The van der Waals surface area contributed by atoms with Gasteiger partial charge < -0.3 is 20.8 Å². The van der Waals surface area contributed by atoms with Gasteiger partial charge >= 0.3 is 0 Å². The third-order valence-electron chi connectivity index (χ3n) is 5.15. The van der Waals surface area contributed by atoms with E-state index in [2.05, 4.69) is 9.97 Å². The maximum Gasteiger partial charge on any atom is 0.214 e. The lowest BCUT2D eigenvalue weighted by Gasteiger charge is -2.21. The highest BCUT2D eigenvalue weighted by Gasteiger charge is 2.14. The first-order valence-corrected chi connectivity index (χ1v) is 11.4. The van der Waals surface area contributed by atoms with Gasteiger partial charge in [-0.15, -0.1) is 11.4 Å². The quantitative estimate of drug-likeness (QED) is 0.218. The summed E-state index contributed by atoms with van der Waals surface area (Å²) in [7, 11) is 0. The van der Waals surface area contributed by atoms with Crippen LogP contribution in [0.5, 0.6) is 0 Å². The van der Waals surface area contributed by atoms with E-state index in [1.807, 2.05) is 54.6 Å². The Morgan fingerprint density at radius 3 is 2.55 bits per heavy atom. The van der Waals surface area contributed by atoms with Crippen LogP contribution in [-0.4, -0.2) is 43.1 Å². The summed E-state index contributed by atoms with van der Waals surface area (Å²) in [6.45, 7) is 3.60. The van der Waals surface area contributed by atoms with Gasteiger partial charge in [-0.1, -0.05) is 48.5 Å². The Labute approximate surface area is 197 Å². The largest absolute Gasteiger partial charge is 0.396 e. The number of allylic oxidation sites excluding steroid dienone is 1. The average molecular weight is 465 g/mol. The number of aliphatic hydroxyl groups excluding tert-OH is 2. The van der Waals surface area contributed by atoms with Gasteiger partial charge in [0.25, 0.3) is 0 Å². The lowest BCUT2D eigenvalue weighted by Crippen LogP contribution is -2.22. The SMILES string of the molecule is C/C(=C(CCO)/[SH]=C(\O)c1cccc(-c2ccccc2)c1)N(C=O)Cc1cnc(C)nc1N. The van der Waals surface area contributed by atoms with Crippen LogP contribution >= 0.6 is 11.4 Å². The molecule has 3 aromatic rings. The number of thiol groups is 1. The van der Waals surface area contributed by atoms with Crippen LogP contribution in [-0.2, 0) is 11.3 Å². The maximum absolute atomic E-state index is 11.9. The van der Waals surface area contributed by atoms with E-state index in [4.69, 9.17) is 5.73 Å². The van der Waals surface area contributed by atoms with Crippen molar-refractivity contribution in [2.75, 3.05) is 12.3 Å². The first-order valence-electron chi connectivity index (χ1n) is 10.5. The molecule has 0 bridgehead atoms.